The van der Waals surface area contributed by atoms with Crippen molar-refractivity contribution in [3.8, 4) is 0 Å². The van der Waals surface area contributed by atoms with E-state index in [4.69, 9.17) is 4.51 Å². The van der Waals surface area contributed by atoms with Gasteiger partial charge >= 0.3 is 130 Å². The van der Waals surface area contributed by atoms with E-state index in [1.165, 1.54) is 46.5 Å². The molecule has 0 N–H and O–H groups in total. The molecule has 116 valence electrons. The van der Waals surface area contributed by atoms with E-state index in [0.29, 0.717) is 3.42 Å². The van der Waals surface area contributed by atoms with Crippen molar-refractivity contribution in [1.29, 1.82) is 0 Å². The van der Waals surface area contributed by atoms with Gasteiger partial charge in [-0.25, -0.2) is 0 Å². The van der Waals surface area contributed by atoms with Gasteiger partial charge in [0.05, 0.1) is 0 Å². The van der Waals surface area contributed by atoms with Crippen LogP contribution < -0.4 is 0 Å². The molecule has 20 heavy (non-hydrogen) atoms. The first-order valence-electron chi connectivity index (χ1n) is 7.96. The molecule has 0 amide bonds. The molecule has 0 aliphatic heterocycles. The molecule has 0 fully saturated rings. The molecule has 0 saturated carbocycles. The van der Waals surface area contributed by atoms with Crippen LogP contribution in [0.25, 0.3) is 0 Å². The number of benzene rings is 1. The summed E-state index contributed by atoms with van der Waals surface area (Å²) in [5.74, 6) is 0. The zero-order valence-corrected chi connectivity index (χ0v) is 16.1. The Morgan fingerprint density at radius 3 is 2.10 bits per heavy atom. The van der Waals surface area contributed by atoms with Crippen LogP contribution in [0.3, 0.4) is 0 Å². The van der Waals surface area contributed by atoms with Crippen molar-refractivity contribution >= 4 is 22.5 Å². The summed E-state index contributed by atoms with van der Waals surface area (Å²) in [6.07, 6.45) is 6.63. The number of aryl methyl sites for hydroxylation is 1. The molecule has 0 saturated heterocycles. The van der Waals surface area contributed by atoms with Gasteiger partial charge in [0, 0.05) is 0 Å². The first kappa shape index (κ1) is 17.9. The first-order valence-corrected chi connectivity index (χ1v) is 13.6. The van der Waals surface area contributed by atoms with E-state index in [2.05, 4.69) is 58.0 Å². The fraction of sp³-hybridized carbons (Fsp3) is 0.632. The van der Waals surface area contributed by atoms with Crippen LogP contribution >= 0.6 is 18.0 Å². The average Bonchev–Trinajstić information content (AvgIpc) is 2.41. The average molecular weight is 388 g/mol. The summed E-state index contributed by atoms with van der Waals surface area (Å²) >= 11 is -1.83. The van der Waals surface area contributed by atoms with Gasteiger partial charge in [-0.3, -0.25) is 0 Å². The van der Waals surface area contributed by atoms with Crippen LogP contribution in [0.2, 0.25) is 0 Å². The van der Waals surface area contributed by atoms with Crippen molar-refractivity contribution in [2.24, 2.45) is 0 Å². The number of halogens is 1. The van der Waals surface area contributed by atoms with Gasteiger partial charge < -0.3 is 0 Å². The van der Waals surface area contributed by atoms with Crippen molar-refractivity contribution in [2.45, 2.75) is 63.2 Å². The minimum atomic E-state index is -1.83. The van der Waals surface area contributed by atoms with E-state index in [1.807, 2.05) is 0 Å². The van der Waals surface area contributed by atoms with Crippen LogP contribution in [-0.4, -0.2) is 16.8 Å². The van der Waals surface area contributed by atoms with Gasteiger partial charge in [0.15, 0.2) is 0 Å². The Kier molecular flexibility index (Phi) is 7.42. The molecular formula is C19H33I. The Hall–Kier alpha value is -0.180. The van der Waals surface area contributed by atoms with Gasteiger partial charge in [-0.05, 0) is 0 Å². The molecule has 1 unspecified atom stereocenters. The molecule has 1 aromatic rings. The summed E-state index contributed by atoms with van der Waals surface area (Å²) in [6, 6.07) is 10.9. The summed E-state index contributed by atoms with van der Waals surface area (Å²) in [4.78, 5) is 0. The van der Waals surface area contributed by atoms with E-state index in [9.17, 15) is 0 Å². The zero-order chi connectivity index (χ0) is 15.1. The van der Waals surface area contributed by atoms with Gasteiger partial charge in [0.25, 0.3) is 0 Å². The summed E-state index contributed by atoms with van der Waals surface area (Å²) in [5.41, 5.74) is 1.48. The van der Waals surface area contributed by atoms with Crippen molar-refractivity contribution in [1.82, 2.24) is 0 Å². The van der Waals surface area contributed by atoms with Crippen LogP contribution in [0.4, 0.5) is 0 Å². The third-order valence-electron chi connectivity index (χ3n) is 4.11. The summed E-state index contributed by atoms with van der Waals surface area (Å²) in [5, 5.41) is 0. The molecule has 1 heteroatoms. The quantitative estimate of drug-likeness (QED) is 0.288. The van der Waals surface area contributed by atoms with Gasteiger partial charge in [-0.15, -0.1) is 0 Å². The van der Waals surface area contributed by atoms with Gasteiger partial charge in [0.2, 0.25) is 0 Å². The normalized spacial score (nSPS) is 16.6. The second kappa shape index (κ2) is 8.31. The maximum absolute atomic E-state index is 4.80. The predicted molar refractivity (Wildman–Crippen MR) is 105 cm³/mol. The van der Waals surface area contributed by atoms with Crippen molar-refractivity contribution in [2.75, 3.05) is 8.86 Å². The molecule has 1 aromatic carbocycles. The Balaban J connectivity index is 2.45. The topological polar surface area (TPSA) is 0 Å². The molecule has 0 aromatic heterocycles. The van der Waals surface area contributed by atoms with Gasteiger partial charge in [-0.1, -0.05) is 0 Å². The van der Waals surface area contributed by atoms with Crippen LogP contribution in [0.15, 0.2) is 30.3 Å². The SMILES string of the molecule is C=I(CCCC)(CCCCc1ccccc1)C(C)(C)C. The van der Waals surface area contributed by atoms with E-state index in [1.54, 1.807) is 0 Å². The van der Waals surface area contributed by atoms with Crippen molar-refractivity contribution < 1.29 is 0 Å². The molecule has 0 aliphatic carbocycles. The van der Waals surface area contributed by atoms with Crippen LogP contribution in [-0.2, 0) is 6.42 Å². The molecule has 1 rings (SSSR count). The number of rotatable bonds is 8. The molecule has 0 nitrogen and oxygen atoms in total. The summed E-state index contributed by atoms with van der Waals surface area (Å²) < 4.78 is 8.16. The fourth-order valence-electron chi connectivity index (χ4n) is 2.37. The maximum atomic E-state index is 4.80. The number of alkyl halides is 3. The molecule has 1 atom stereocenters. The predicted octanol–water partition coefficient (Wildman–Crippen LogP) is 6.08. The third kappa shape index (κ3) is 5.67. The van der Waals surface area contributed by atoms with Crippen LogP contribution in [0.5, 0.6) is 0 Å². The van der Waals surface area contributed by atoms with Crippen molar-refractivity contribution in [3.05, 3.63) is 35.9 Å². The molecule has 0 radical (unpaired) electrons. The number of unbranched alkanes of at least 4 members (excludes halogenated alkanes) is 2. The van der Waals surface area contributed by atoms with E-state index < -0.39 is 18.0 Å². The standard InChI is InChI=1S/C19H33I/c1-6-7-16-20(5,19(2,3)4)17-12-11-15-18-13-9-8-10-14-18/h8-10,13-14H,5-7,11-12,15-17H2,1-4H3. The molecule has 0 heterocycles. The second-order valence-electron chi connectivity index (χ2n) is 6.71. The molecule has 0 bridgehead atoms. The Morgan fingerprint density at radius 2 is 1.55 bits per heavy atom. The Bertz CT molecular complexity index is 411. The van der Waals surface area contributed by atoms with Crippen molar-refractivity contribution in [3.63, 3.8) is 0 Å². The molecule has 0 aliphatic rings. The van der Waals surface area contributed by atoms with Crippen LogP contribution in [0.1, 0.15) is 58.9 Å². The minimum absolute atomic E-state index is 0.481. The van der Waals surface area contributed by atoms with E-state index in [-0.39, 0.29) is 0 Å². The Labute approximate surface area is 130 Å². The first-order chi connectivity index (χ1) is 9.39. The monoisotopic (exact) mass is 388 g/mol. The second-order valence-corrected chi connectivity index (χ2v) is 17.6. The number of hydrogen-bond donors (Lipinski definition) is 0. The molecule has 0 spiro atoms. The van der Waals surface area contributed by atoms with Gasteiger partial charge in [-0.2, -0.15) is 0 Å². The Morgan fingerprint density at radius 1 is 0.950 bits per heavy atom. The van der Waals surface area contributed by atoms with Crippen LogP contribution in [0, 0.1) is 0 Å². The summed E-state index contributed by atoms with van der Waals surface area (Å²) in [6.45, 7) is 9.61. The summed E-state index contributed by atoms with van der Waals surface area (Å²) in [7, 11) is 0. The van der Waals surface area contributed by atoms with Gasteiger partial charge in [0.1, 0.15) is 0 Å². The zero-order valence-electron chi connectivity index (χ0n) is 13.9. The third-order valence-corrected chi connectivity index (χ3v) is 16.6. The van der Waals surface area contributed by atoms with E-state index >= 15 is 0 Å². The fourth-order valence-corrected chi connectivity index (χ4v) is 10.4. The number of hydrogen-bond acceptors (Lipinski definition) is 0. The molecular weight excluding hydrogens is 355 g/mol. The van der Waals surface area contributed by atoms with E-state index in [0.717, 1.165) is 0 Å².